The molecule has 1 aromatic carbocycles. The van der Waals surface area contributed by atoms with Crippen molar-refractivity contribution in [3.63, 3.8) is 0 Å². The first-order chi connectivity index (χ1) is 14.1. The molecule has 7 nitrogen and oxygen atoms in total. The van der Waals surface area contributed by atoms with Crippen LogP contribution in [0.4, 0.5) is 0 Å². The number of hydrogen-bond acceptors (Lipinski definition) is 5. The van der Waals surface area contributed by atoms with Crippen molar-refractivity contribution in [3.05, 3.63) is 40.3 Å². The Hall–Kier alpha value is -2.25. The summed E-state index contributed by atoms with van der Waals surface area (Å²) in [6.07, 6.45) is 2.47. The third kappa shape index (κ3) is 5.87. The summed E-state index contributed by atoms with van der Waals surface area (Å²) in [5.41, 5.74) is 1.89. The Morgan fingerprint density at radius 2 is 1.76 bits per heavy atom. The van der Waals surface area contributed by atoms with Gasteiger partial charge >= 0.3 is 0 Å². The van der Waals surface area contributed by atoms with Gasteiger partial charge in [0.05, 0.1) is 11.0 Å². The Kier molecular flexibility index (Phi) is 7.77. The highest BCUT2D eigenvalue weighted by Crippen LogP contribution is 2.10. The van der Waals surface area contributed by atoms with Crippen molar-refractivity contribution in [2.45, 2.75) is 39.7 Å². The fourth-order valence-electron chi connectivity index (χ4n) is 3.93. The van der Waals surface area contributed by atoms with E-state index in [0.29, 0.717) is 25.2 Å². The molecule has 7 heteroatoms. The number of nitrogens with one attached hydrogen (secondary N) is 1. The van der Waals surface area contributed by atoms with Crippen LogP contribution in [-0.2, 0) is 11.3 Å². The first-order valence-corrected chi connectivity index (χ1v) is 10.8. The van der Waals surface area contributed by atoms with Gasteiger partial charge in [0, 0.05) is 45.7 Å². The SMILES string of the molecule is CCCN1CCN(CCCNC(=O)CCn2c(=O)c(C)nc3ccccc32)CC1. The third-order valence-electron chi connectivity index (χ3n) is 5.56. The molecular weight excluding hydrogens is 366 g/mol. The Balaban J connectivity index is 1.41. The molecule has 0 spiro atoms. The number of amides is 1. The summed E-state index contributed by atoms with van der Waals surface area (Å²) in [7, 11) is 0. The molecule has 2 aromatic rings. The molecule has 1 aliphatic heterocycles. The molecule has 0 bridgehead atoms. The minimum absolute atomic E-state index is 0.0109. The number of fused-ring (bicyclic) bond motifs is 1. The first-order valence-electron chi connectivity index (χ1n) is 10.8. The van der Waals surface area contributed by atoms with Crippen LogP contribution in [0.25, 0.3) is 11.0 Å². The highest BCUT2D eigenvalue weighted by molar-refractivity contribution is 5.77. The van der Waals surface area contributed by atoms with Crippen molar-refractivity contribution in [2.75, 3.05) is 45.8 Å². The number of aryl methyl sites for hydroxylation is 2. The quantitative estimate of drug-likeness (QED) is 0.649. The average Bonchev–Trinajstić information content (AvgIpc) is 2.73. The van der Waals surface area contributed by atoms with Crippen LogP contribution in [0.3, 0.4) is 0 Å². The van der Waals surface area contributed by atoms with E-state index in [-0.39, 0.29) is 11.5 Å². The number of nitrogens with zero attached hydrogens (tertiary/aromatic N) is 4. The maximum Gasteiger partial charge on any atom is 0.272 e. The number of aromatic nitrogens is 2. The van der Waals surface area contributed by atoms with Gasteiger partial charge in [-0.2, -0.15) is 0 Å². The highest BCUT2D eigenvalue weighted by Gasteiger charge is 2.15. The molecule has 1 aromatic heterocycles. The van der Waals surface area contributed by atoms with Gasteiger partial charge < -0.3 is 19.7 Å². The lowest BCUT2D eigenvalue weighted by molar-refractivity contribution is -0.121. The second-order valence-electron chi connectivity index (χ2n) is 7.78. The fourth-order valence-corrected chi connectivity index (χ4v) is 3.93. The Morgan fingerprint density at radius 1 is 1.07 bits per heavy atom. The van der Waals surface area contributed by atoms with Crippen molar-refractivity contribution in [2.24, 2.45) is 0 Å². The highest BCUT2D eigenvalue weighted by atomic mass is 16.1. The smallest absolute Gasteiger partial charge is 0.272 e. The molecule has 1 aliphatic rings. The number of hydrogen-bond donors (Lipinski definition) is 1. The normalized spacial score (nSPS) is 15.7. The van der Waals surface area contributed by atoms with Crippen molar-refractivity contribution in [1.29, 1.82) is 0 Å². The lowest BCUT2D eigenvalue weighted by Crippen LogP contribution is -2.47. The van der Waals surface area contributed by atoms with Gasteiger partial charge in [0.2, 0.25) is 5.91 Å². The van der Waals surface area contributed by atoms with Crippen molar-refractivity contribution < 1.29 is 4.79 Å². The largest absolute Gasteiger partial charge is 0.356 e. The molecule has 0 unspecified atom stereocenters. The van der Waals surface area contributed by atoms with Crippen LogP contribution in [-0.4, -0.2) is 71.1 Å². The van der Waals surface area contributed by atoms with Gasteiger partial charge in [0.25, 0.3) is 5.56 Å². The summed E-state index contributed by atoms with van der Waals surface area (Å²) in [6.45, 7) is 11.7. The second kappa shape index (κ2) is 10.5. The molecule has 1 fully saturated rings. The third-order valence-corrected chi connectivity index (χ3v) is 5.56. The molecule has 0 atom stereocenters. The summed E-state index contributed by atoms with van der Waals surface area (Å²) in [4.78, 5) is 34.0. The van der Waals surface area contributed by atoms with E-state index in [2.05, 4.69) is 27.0 Å². The minimum atomic E-state index is -0.126. The van der Waals surface area contributed by atoms with Crippen molar-refractivity contribution in [1.82, 2.24) is 24.7 Å². The number of carbonyl (C=O) groups is 1. The average molecular weight is 400 g/mol. The topological polar surface area (TPSA) is 70.5 Å². The molecule has 0 radical (unpaired) electrons. The minimum Gasteiger partial charge on any atom is -0.356 e. The molecule has 1 saturated heterocycles. The molecule has 29 heavy (non-hydrogen) atoms. The maximum absolute atomic E-state index is 12.5. The number of carbonyl (C=O) groups excluding carboxylic acids is 1. The van der Waals surface area contributed by atoms with Crippen LogP contribution < -0.4 is 10.9 Å². The Labute approximate surface area is 172 Å². The van der Waals surface area contributed by atoms with Crippen LogP contribution in [0, 0.1) is 6.92 Å². The van der Waals surface area contributed by atoms with E-state index in [1.807, 2.05) is 24.3 Å². The summed E-state index contributed by atoms with van der Waals surface area (Å²) >= 11 is 0. The van der Waals surface area contributed by atoms with E-state index in [4.69, 9.17) is 0 Å². The van der Waals surface area contributed by atoms with E-state index in [1.165, 1.54) is 13.0 Å². The zero-order chi connectivity index (χ0) is 20.6. The molecule has 0 aliphatic carbocycles. The predicted octanol–water partition coefficient (Wildman–Crippen LogP) is 1.63. The zero-order valence-electron chi connectivity index (χ0n) is 17.7. The van der Waals surface area contributed by atoms with Gasteiger partial charge in [-0.05, 0) is 45.0 Å². The van der Waals surface area contributed by atoms with Gasteiger partial charge in [-0.25, -0.2) is 4.98 Å². The van der Waals surface area contributed by atoms with Crippen LogP contribution >= 0.6 is 0 Å². The zero-order valence-corrected chi connectivity index (χ0v) is 17.7. The van der Waals surface area contributed by atoms with Gasteiger partial charge in [-0.3, -0.25) is 9.59 Å². The summed E-state index contributed by atoms with van der Waals surface area (Å²) in [5.74, 6) is -0.0109. The second-order valence-corrected chi connectivity index (χ2v) is 7.78. The van der Waals surface area contributed by atoms with Crippen molar-refractivity contribution in [3.8, 4) is 0 Å². The number of piperazine rings is 1. The van der Waals surface area contributed by atoms with Gasteiger partial charge in [0.1, 0.15) is 5.69 Å². The summed E-state index contributed by atoms with van der Waals surface area (Å²) in [6, 6.07) is 7.55. The van der Waals surface area contributed by atoms with E-state index < -0.39 is 0 Å². The van der Waals surface area contributed by atoms with Crippen LogP contribution in [0.15, 0.2) is 29.1 Å². The van der Waals surface area contributed by atoms with E-state index in [9.17, 15) is 9.59 Å². The van der Waals surface area contributed by atoms with Crippen LogP contribution in [0.5, 0.6) is 0 Å². The molecule has 158 valence electrons. The standard InChI is InChI=1S/C22H33N5O2/c1-3-11-25-14-16-26(17-15-25)12-6-10-23-21(28)9-13-27-20-8-5-4-7-19(20)24-18(2)22(27)29/h4-5,7-8H,3,6,9-17H2,1-2H3,(H,23,28). The molecule has 2 heterocycles. The van der Waals surface area contributed by atoms with Gasteiger partial charge in [0.15, 0.2) is 0 Å². The number of para-hydroxylation sites is 2. The van der Waals surface area contributed by atoms with Crippen LogP contribution in [0.2, 0.25) is 0 Å². The monoisotopic (exact) mass is 399 g/mol. The lowest BCUT2D eigenvalue weighted by atomic mass is 10.2. The summed E-state index contributed by atoms with van der Waals surface area (Å²) < 4.78 is 1.66. The van der Waals surface area contributed by atoms with Gasteiger partial charge in [-0.1, -0.05) is 19.1 Å². The van der Waals surface area contributed by atoms with E-state index in [0.717, 1.165) is 50.2 Å². The van der Waals surface area contributed by atoms with E-state index in [1.54, 1.807) is 11.5 Å². The molecule has 0 saturated carbocycles. The van der Waals surface area contributed by atoms with E-state index >= 15 is 0 Å². The maximum atomic E-state index is 12.5. The number of benzene rings is 1. The Morgan fingerprint density at radius 3 is 2.48 bits per heavy atom. The lowest BCUT2D eigenvalue weighted by Gasteiger charge is -2.34. The fraction of sp³-hybridized carbons (Fsp3) is 0.591. The predicted molar refractivity (Wildman–Crippen MR) is 116 cm³/mol. The molecule has 1 amide bonds. The summed E-state index contributed by atoms with van der Waals surface area (Å²) in [5, 5.41) is 3.00. The molecular formula is C22H33N5O2. The Bertz CT molecular complexity index is 871. The number of rotatable bonds is 9. The van der Waals surface area contributed by atoms with Crippen molar-refractivity contribution >= 4 is 16.9 Å². The molecule has 1 N–H and O–H groups in total. The van der Waals surface area contributed by atoms with Crippen LogP contribution in [0.1, 0.15) is 31.9 Å². The first kappa shape index (κ1) is 21.5. The molecule has 3 rings (SSSR count). The van der Waals surface area contributed by atoms with Gasteiger partial charge in [-0.15, -0.1) is 0 Å².